The maximum atomic E-state index is 14.9. The molecule has 1 fully saturated rings. The quantitative estimate of drug-likeness (QED) is 0.640. The van der Waals surface area contributed by atoms with Crippen LogP contribution in [0.25, 0.3) is 11.1 Å². The van der Waals surface area contributed by atoms with E-state index in [0.717, 1.165) is 6.07 Å². The molecular weight excluding hydrogens is 417 g/mol. The molecule has 1 heterocycles. The van der Waals surface area contributed by atoms with Gasteiger partial charge in [0.25, 0.3) is 5.60 Å². The summed E-state index contributed by atoms with van der Waals surface area (Å²) in [6, 6.07) is 10.7. The molecule has 2 aromatic rings. The third kappa shape index (κ3) is 4.94. The number of nitrogens with zero attached hydrogens (tertiary/aromatic N) is 2. The fourth-order valence-corrected chi connectivity index (χ4v) is 5.04. The van der Waals surface area contributed by atoms with E-state index < -0.39 is 21.4 Å². The van der Waals surface area contributed by atoms with Crippen molar-refractivity contribution in [3.8, 4) is 16.9 Å². The lowest BCUT2D eigenvalue weighted by Gasteiger charge is -2.21. The number of halogens is 2. The van der Waals surface area contributed by atoms with Crippen LogP contribution >= 0.6 is 9.24 Å². The van der Waals surface area contributed by atoms with Crippen molar-refractivity contribution in [3.05, 3.63) is 48.3 Å². The highest BCUT2D eigenvalue weighted by molar-refractivity contribution is 7.89. The highest BCUT2D eigenvalue weighted by Gasteiger charge is 2.35. The fraction of sp³-hybridized carbons (Fsp3) is 0.400. The largest absolute Gasteiger partial charge is 0.455 e. The third-order valence-electron chi connectivity index (χ3n) is 4.91. The van der Waals surface area contributed by atoms with Crippen LogP contribution in [0.4, 0.5) is 8.78 Å². The second kappa shape index (κ2) is 8.26. The molecule has 0 radical (unpaired) electrons. The number of rotatable bonds is 6. The standard InChI is InChI=1S/C20H25F2N2O3PS/c1-20(22,28)27-18-7-5-4-6-16(18)14-8-9-19(17(21)12-14)29(25,26)24-11-10-15(13-24)23(2)3/h4-9,12,15H,10-11,13,28H2,1-3H3. The van der Waals surface area contributed by atoms with E-state index in [1.165, 1.54) is 23.4 Å². The normalized spacial score (nSPS) is 20.0. The van der Waals surface area contributed by atoms with E-state index in [4.69, 9.17) is 4.74 Å². The molecule has 0 saturated carbocycles. The van der Waals surface area contributed by atoms with E-state index in [1.807, 2.05) is 28.2 Å². The SMILES string of the molecule is CN(C)C1CCN(S(=O)(=O)c2ccc(-c3ccccc3OC(C)(F)P)cc2F)C1. The van der Waals surface area contributed by atoms with E-state index in [1.54, 1.807) is 24.3 Å². The van der Waals surface area contributed by atoms with Gasteiger partial charge in [-0.2, -0.15) is 8.70 Å². The van der Waals surface area contributed by atoms with Crippen molar-refractivity contribution in [3.63, 3.8) is 0 Å². The highest BCUT2D eigenvalue weighted by atomic mass is 32.2. The summed E-state index contributed by atoms with van der Waals surface area (Å²) in [7, 11) is 1.80. The lowest BCUT2D eigenvalue weighted by atomic mass is 10.0. The van der Waals surface area contributed by atoms with Crippen molar-refractivity contribution in [1.82, 2.24) is 9.21 Å². The first-order valence-corrected chi connectivity index (χ1v) is 11.2. The molecule has 0 aliphatic carbocycles. The smallest absolute Gasteiger partial charge is 0.256 e. The van der Waals surface area contributed by atoms with Gasteiger partial charge in [0.1, 0.15) is 16.5 Å². The number of hydrogen-bond acceptors (Lipinski definition) is 4. The molecule has 0 aromatic heterocycles. The van der Waals surface area contributed by atoms with E-state index in [9.17, 15) is 17.2 Å². The van der Waals surface area contributed by atoms with Gasteiger partial charge in [0.15, 0.2) is 0 Å². The second-order valence-corrected chi connectivity index (χ2v) is 10.4. The van der Waals surface area contributed by atoms with E-state index in [0.29, 0.717) is 30.6 Å². The molecule has 3 rings (SSSR count). The number of benzene rings is 2. The van der Waals surface area contributed by atoms with Crippen molar-refractivity contribution in [2.45, 2.75) is 29.9 Å². The van der Waals surface area contributed by atoms with Gasteiger partial charge in [-0.3, -0.25) is 0 Å². The molecule has 9 heteroatoms. The highest BCUT2D eigenvalue weighted by Crippen LogP contribution is 2.36. The summed E-state index contributed by atoms with van der Waals surface area (Å²) in [5.74, 6) is -0.615. The minimum Gasteiger partial charge on any atom is -0.455 e. The summed E-state index contributed by atoms with van der Waals surface area (Å²) in [6.45, 7) is 1.92. The zero-order valence-corrected chi connectivity index (χ0v) is 18.6. The maximum Gasteiger partial charge on any atom is 0.256 e. The Morgan fingerprint density at radius 3 is 2.52 bits per heavy atom. The van der Waals surface area contributed by atoms with Gasteiger partial charge in [0, 0.05) is 31.6 Å². The van der Waals surface area contributed by atoms with Gasteiger partial charge >= 0.3 is 0 Å². The molecule has 2 aromatic carbocycles. The number of alkyl halides is 1. The molecule has 5 nitrogen and oxygen atoms in total. The zero-order chi connectivity index (χ0) is 21.4. The van der Waals surface area contributed by atoms with Crippen molar-refractivity contribution in [1.29, 1.82) is 0 Å². The monoisotopic (exact) mass is 442 g/mol. The molecule has 1 aliphatic rings. The van der Waals surface area contributed by atoms with Gasteiger partial charge in [-0.15, -0.1) is 0 Å². The second-order valence-electron chi connectivity index (χ2n) is 7.50. The van der Waals surface area contributed by atoms with E-state index >= 15 is 0 Å². The first-order chi connectivity index (χ1) is 13.5. The maximum absolute atomic E-state index is 14.9. The molecule has 0 bridgehead atoms. The Labute approximate surface area is 172 Å². The predicted molar refractivity (Wildman–Crippen MR) is 113 cm³/mol. The van der Waals surface area contributed by atoms with Crippen LogP contribution in [0.15, 0.2) is 47.4 Å². The molecule has 0 N–H and O–H groups in total. The summed E-state index contributed by atoms with van der Waals surface area (Å²) in [5, 5.41) is 0. The Kier molecular flexibility index (Phi) is 6.30. The predicted octanol–water partition coefficient (Wildman–Crippen LogP) is 3.71. The van der Waals surface area contributed by atoms with Gasteiger partial charge in [0.05, 0.1) is 0 Å². The molecule has 0 spiro atoms. The Bertz CT molecular complexity index is 993. The molecule has 0 amide bonds. The van der Waals surface area contributed by atoms with Crippen LogP contribution in [0.1, 0.15) is 13.3 Å². The summed E-state index contributed by atoms with van der Waals surface area (Å²) in [6.07, 6.45) is 0.702. The van der Waals surface area contributed by atoms with Crippen LogP contribution in [0.2, 0.25) is 0 Å². The lowest BCUT2D eigenvalue weighted by Crippen LogP contribution is -2.34. The van der Waals surface area contributed by atoms with Gasteiger partial charge in [0.2, 0.25) is 10.0 Å². The van der Waals surface area contributed by atoms with Crippen LogP contribution in [-0.4, -0.2) is 56.4 Å². The van der Waals surface area contributed by atoms with Gasteiger partial charge < -0.3 is 9.64 Å². The van der Waals surface area contributed by atoms with E-state index in [2.05, 4.69) is 0 Å². The summed E-state index contributed by atoms with van der Waals surface area (Å²) < 4.78 is 61.2. The topological polar surface area (TPSA) is 49.9 Å². The van der Waals surface area contributed by atoms with Crippen LogP contribution in [0, 0.1) is 5.82 Å². The number of likely N-dealkylation sites (N-methyl/N-ethyl adjacent to an activating group) is 1. The summed E-state index contributed by atoms with van der Waals surface area (Å²) >= 11 is 0. The number of hydrogen-bond donors (Lipinski definition) is 0. The van der Waals surface area contributed by atoms with Crippen LogP contribution in [-0.2, 0) is 10.0 Å². The minimum atomic E-state index is -3.94. The van der Waals surface area contributed by atoms with E-state index in [-0.39, 0.29) is 16.7 Å². The lowest BCUT2D eigenvalue weighted by molar-refractivity contribution is 0.0479. The minimum absolute atomic E-state index is 0.109. The molecule has 1 saturated heterocycles. The molecule has 3 unspecified atom stereocenters. The number of sulfonamides is 1. The fourth-order valence-electron chi connectivity index (χ4n) is 3.38. The Hall–Kier alpha value is -1.60. The van der Waals surface area contributed by atoms with Crippen LogP contribution < -0.4 is 4.74 Å². The van der Waals surface area contributed by atoms with Crippen molar-refractivity contribution in [2.75, 3.05) is 27.2 Å². The van der Waals surface area contributed by atoms with Crippen molar-refractivity contribution >= 4 is 19.3 Å². The molecule has 3 atom stereocenters. The summed E-state index contributed by atoms with van der Waals surface area (Å²) in [5.41, 5.74) is -1.12. The Balaban J connectivity index is 1.92. The molecule has 158 valence electrons. The average Bonchev–Trinajstić information content (AvgIpc) is 3.12. The Morgan fingerprint density at radius 2 is 1.93 bits per heavy atom. The van der Waals surface area contributed by atoms with Crippen molar-refractivity contribution in [2.24, 2.45) is 0 Å². The first kappa shape index (κ1) is 22.1. The van der Waals surface area contributed by atoms with Crippen LogP contribution in [0.3, 0.4) is 0 Å². The molecule has 1 aliphatic heterocycles. The van der Waals surface area contributed by atoms with Gasteiger partial charge in [-0.25, -0.2) is 12.8 Å². The van der Waals surface area contributed by atoms with Gasteiger partial charge in [-0.1, -0.05) is 33.5 Å². The zero-order valence-electron chi connectivity index (χ0n) is 16.6. The van der Waals surface area contributed by atoms with Gasteiger partial charge in [-0.05, 0) is 44.3 Å². The molecule has 29 heavy (non-hydrogen) atoms. The third-order valence-corrected chi connectivity index (χ3v) is 6.93. The number of ether oxygens (including phenoxy) is 1. The summed E-state index contributed by atoms with van der Waals surface area (Å²) in [4.78, 5) is 1.61. The Morgan fingerprint density at radius 1 is 1.24 bits per heavy atom. The van der Waals surface area contributed by atoms with Crippen molar-refractivity contribution < 1.29 is 21.9 Å². The van der Waals surface area contributed by atoms with Crippen LogP contribution in [0.5, 0.6) is 5.75 Å². The molecular formula is C20H25F2N2O3PS. The number of para-hydroxylation sites is 1. The first-order valence-electron chi connectivity index (χ1n) is 9.21. The average molecular weight is 442 g/mol.